The van der Waals surface area contributed by atoms with Crippen molar-refractivity contribution in [3.8, 4) is 0 Å². The Morgan fingerprint density at radius 3 is 2.56 bits per heavy atom. The average molecular weight is 251 g/mol. The van der Waals surface area contributed by atoms with Gasteiger partial charge in [-0.3, -0.25) is 4.57 Å². The molecule has 0 aliphatic carbocycles. The maximum Gasteiger partial charge on any atom is 0.418 e. The van der Waals surface area contributed by atoms with Crippen LogP contribution in [-0.4, -0.2) is 29.3 Å². The van der Waals surface area contributed by atoms with Crippen LogP contribution in [0.3, 0.4) is 0 Å². The van der Waals surface area contributed by atoms with Crippen LogP contribution in [0.25, 0.3) is 6.08 Å². The van der Waals surface area contributed by atoms with Gasteiger partial charge in [0.2, 0.25) is 0 Å². The lowest BCUT2D eigenvalue weighted by atomic mass is 10.2. The molecule has 0 aliphatic rings. The van der Waals surface area contributed by atoms with E-state index < -0.39 is 17.7 Å². The number of aromatic nitrogens is 1. The number of hydrogen-bond donors (Lipinski definition) is 0. The first kappa shape index (κ1) is 14.0. The van der Waals surface area contributed by atoms with Gasteiger partial charge in [-0.1, -0.05) is 0 Å². The van der Waals surface area contributed by atoms with Crippen LogP contribution in [0.5, 0.6) is 0 Å². The molecule has 0 amide bonds. The number of ether oxygens (including phenoxy) is 2. The molecule has 0 saturated heterocycles. The van der Waals surface area contributed by atoms with Crippen LogP contribution in [-0.2, 0) is 14.3 Å². The number of nitrogens with zero attached hydrogens (tertiary/aromatic N) is 1. The fraction of sp³-hybridized carbons (Fsp3) is 0.385. The van der Waals surface area contributed by atoms with Crippen LogP contribution in [0.4, 0.5) is 4.79 Å². The first-order valence-electron chi connectivity index (χ1n) is 5.50. The quantitative estimate of drug-likeness (QED) is 0.598. The van der Waals surface area contributed by atoms with Gasteiger partial charge in [-0.2, -0.15) is 0 Å². The van der Waals surface area contributed by atoms with Gasteiger partial charge in [0.25, 0.3) is 0 Å². The Bertz CT molecular complexity index is 466. The van der Waals surface area contributed by atoms with Crippen molar-refractivity contribution in [2.24, 2.45) is 0 Å². The second-order valence-electron chi connectivity index (χ2n) is 4.64. The minimum atomic E-state index is -0.565. The zero-order valence-electron chi connectivity index (χ0n) is 11.0. The molecule has 0 saturated carbocycles. The van der Waals surface area contributed by atoms with Crippen LogP contribution >= 0.6 is 0 Å². The van der Waals surface area contributed by atoms with Gasteiger partial charge in [0.1, 0.15) is 5.60 Å². The maximum atomic E-state index is 11.8. The van der Waals surface area contributed by atoms with Crippen molar-refractivity contribution >= 4 is 18.1 Å². The Morgan fingerprint density at radius 1 is 1.33 bits per heavy atom. The molecule has 0 atom stereocenters. The topological polar surface area (TPSA) is 57.5 Å². The van der Waals surface area contributed by atoms with Crippen molar-refractivity contribution < 1.29 is 19.1 Å². The molecule has 1 aromatic rings. The van der Waals surface area contributed by atoms with Crippen molar-refractivity contribution in [2.75, 3.05) is 7.11 Å². The summed E-state index contributed by atoms with van der Waals surface area (Å²) >= 11 is 0. The molecular weight excluding hydrogens is 234 g/mol. The molecule has 5 nitrogen and oxygen atoms in total. The number of methoxy groups -OCH3 is 1. The standard InChI is InChI=1S/C13H17NO4/c1-13(2,3)18-12(16)14-9-5-6-10(14)7-8-11(15)17-4/h5-9H,1-4H3/b8-7+. The number of hydrogen-bond acceptors (Lipinski definition) is 4. The molecule has 0 N–H and O–H groups in total. The highest BCUT2D eigenvalue weighted by Crippen LogP contribution is 2.12. The van der Waals surface area contributed by atoms with Crippen LogP contribution in [0.2, 0.25) is 0 Å². The van der Waals surface area contributed by atoms with E-state index in [9.17, 15) is 9.59 Å². The minimum absolute atomic E-state index is 0.480. The van der Waals surface area contributed by atoms with Crippen molar-refractivity contribution in [3.63, 3.8) is 0 Å². The van der Waals surface area contributed by atoms with Gasteiger partial charge in [0.05, 0.1) is 12.8 Å². The summed E-state index contributed by atoms with van der Waals surface area (Å²) in [5.41, 5.74) is -0.0142. The third-order valence-electron chi connectivity index (χ3n) is 1.96. The van der Waals surface area contributed by atoms with Crippen LogP contribution in [0.15, 0.2) is 24.4 Å². The SMILES string of the molecule is COC(=O)/C=C/c1cccn1C(=O)OC(C)(C)C. The van der Waals surface area contributed by atoms with E-state index in [1.54, 1.807) is 39.1 Å². The monoisotopic (exact) mass is 251 g/mol. The molecule has 18 heavy (non-hydrogen) atoms. The molecule has 1 rings (SSSR count). The lowest BCUT2D eigenvalue weighted by Gasteiger charge is -2.20. The van der Waals surface area contributed by atoms with Gasteiger partial charge in [-0.05, 0) is 39.0 Å². The molecule has 1 heterocycles. The Balaban J connectivity index is 2.86. The third-order valence-corrected chi connectivity index (χ3v) is 1.96. The summed E-state index contributed by atoms with van der Waals surface area (Å²) in [4.78, 5) is 22.8. The Hall–Kier alpha value is -2.04. The van der Waals surface area contributed by atoms with Gasteiger partial charge in [0.15, 0.2) is 0 Å². The van der Waals surface area contributed by atoms with E-state index in [1.807, 2.05) is 0 Å². The first-order chi connectivity index (χ1) is 8.33. The molecule has 0 radical (unpaired) electrons. The van der Waals surface area contributed by atoms with Crippen molar-refractivity contribution in [1.82, 2.24) is 4.57 Å². The van der Waals surface area contributed by atoms with Gasteiger partial charge < -0.3 is 9.47 Å². The van der Waals surface area contributed by atoms with Crippen molar-refractivity contribution in [3.05, 3.63) is 30.1 Å². The zero-order valence-corrected chi connectivity index (χ0v) is 11.0. The molecule has 98 valence electrons. The number of rotatable bonds is 2. The fourth-order valence-corrected chi connectivity index (χ4v) is 1.23. The second-order valence-corrected chi connectivity index (χ2v) is 4.64. The Labute approximate surface area is 106 Å². The lowest BCUT2D eigenvalue weighted by Crippen LogP contribution is -2.27. The minimum Gasteiger partial charge on any atom is -0.466 e. The zero-order chi connectivity index (χ0) is 13.8. The fourth-order valence-electron chi connectivity index (χ4n) is 1.23. The summed E-state index contributed by atoms with van der Waals surface area (Å²) < 4.78 is 11.0. The van der Waals surface area contributed by atoms with Crippen molar-refractivity contribution in [1.29, 1.82) is 0 Å². The normalized spacial score (nSPS) is 11.6. The van der Waals surface area contributed by atoms with Crippen LogP contribution < -0.4 is 0 Å². The van der Waals surface area contributed by atoms with E-state index in [1.165, 1.54) is 23.8 Å². The lowest BCUT2D eigenvalue weighted by molar-refractivity contribution is -0.134. The summed E-state index contributed by atoms with van der Waals surface area (Å²) in [5, 5.41) is 0. The second kappa shape index (κ2) is 5.53. The van der Waals surface area contributed by atoms with Gasteiger partial charge in [0, 0.05) is 12.3 Å². The number of carbonyl (C=O) groups excluding carboxylic acids is 2. The Morgan fingerprint density at radius 2 is 2.00 bits per heavy atom. The molecule has 1 aromatic heterocycles. The predicted molar refractivity (Wildman–Crippen MR) is 67.1 cm³/mol. The largest absolute Gasteiger partial charge is 0.466 e. The number of carbonyl (C=O) groups is 2. The molecular formula is C13H17NO4. The van der Waals surface area contributed by atoms with Gasteiger partial charge >= 0.3 is 12.1 Å². The molecule has 5 heteroatoms. The summed E-state index contributed by atoms with van der Waals surface area (Å²) in [5.74, 6) is -0.480. The smallest absolute Gasteiger partial charge is 0.418 e. The van der Waals surface area contributed by atoms with E-state index >= 15 is 0 Å². The van der Waals surface area contributed by atoms with Gasteiger partial charge in [-0.25, -0.2) is 9.59 Å². The average Bonchev–Trinajstić information content (AvgIpc) is 2.71. The van der Waals surface area contributed by atoms with Gasteiger partial charge in [-0.15, -0.1) is 0 Å². The summed E-state index contributed by atoms with van der Waals surface area (Å²) in [6, 6.07) is 3.39. The predicted octanol–water partition coefficient (Wildman–Crippen LogP) is 2.46. The third kappa shape index (κ3) is 4.08. The Kier molecular flexibility index (Phi) is 4.31. The summed E-state index contributed by atoms with van der Waals surface area (Å²) in [6.45, 7) is 5.37. The molecule has 0 fully saturated rings. The molecule has 0 unspecified atom stereocenters. The van der Waals surface area contributed by atoms with E-state index in [-0.39, 0.29) is 0 Å². The highest BCUT2D eigenvalue weighted by molar-refractivity contribution is 5.87. The number of esters is 1. The van der Waals surface area contributed by atoms with E-state index in [2.05, 4.69) is 4.74 Å². The molecule has 0 spiro atoms. The van der Waals surface area contributed by atoms with Crippen LogP contribution in [0, 0.1) is 0 Å². The van der Waals surface area contributed by atoms with Crippen molar-refractivity contribution in [2.45, 2.75) is 26.4 Å². The van der Waals surface area contributed by atoms with E-state index in [4.69, 9.17) is 4.74 Å². The first-order valence-corrected chi connectivity index (χ1v) is 5.50. The van der Waals surface area contributed by atoms with Crippen LogP contribution in [0.1, 0.15) is 26.5 Å². The molecule has 0 bridgehead atoms. The molecule has 0 aliphatic heterocycles. The molecule has 0 aromatic carbocycles. The maximum absolute atomic E-state index is 11.8. The highest BCUT2D eigenvalue weighted by Gasteiger charge is 2.18. The highest BCUT2D eigenvalue weighted by atomic mass is 16.6. The summed E-state index contributed by atoms with van der Waals surface area (Å²) in [7, 11) is 1.29. The summed E-state index contributed by atoms with van der Waals surface area (Å²) in [6.07, 6.45) is 3.83. The van der Waals surface area contributed by atoms with E-state index in [0.717, 1.165) is 0 Å². The van der Waals surface area contributed by atoms with E-state index in [0.29, 0.717) is 5.69 Å².